The Kier molecular flexibility index (Phi) is 7.78. The molecule has 6 aromatic heterocycles. The van der Waals surface area contributed by atoms with E-state index < -0.39 is 0 Å². The third-order valence-electron chi connectivity index (χ3n) is 3.51. The molecule has 0 aliphatic rings. The Bertz CT molecular complexity index is 907. The van der Waals surface area contributed by atoms with Crippen molar-refractivity contribution < 1.29 is 19.5 Å². The molecule has 0 atom stereocenters. The first-order chi connectivity index (χ1) is 14.9. The SMILES string of the molecule is [Ru+3].c1c[n-]c(-c2ncc[nH]2)n1.c1c[n-]c(-c2ncc[nH]2)n1.c1c[n-]c(-c2ncc[nH]2)n1. The first-order valence-corrected chi connectivity index (χ1v) is 8.70. The summed E-state index contributed by atoms with van der Waals surface area (Å²) in [5, 5.41) is 0. The summed E-state index contributed by atoms with van der Waals surface area (Å²) in [5.74, 6) is 4.07. The van der Waals surface area contributed by atoms with E-state index >= 15 is 0 Å². The van der Waals surface area contributed by atoms with Crippen molar-refractivity contribution in [2.24, 2.45) is 0 Å². The fraction of sp³-hybridized carbons (Fsp3) is 0. The van der Waals surface area contributed by atoms with Crippen LogP contribution in [0.1, 0.15) is 0 Å². The molecule has 0 aliphatic heterocycles. The van der Waals surface area contributed by atoms with E-state index in [1.807, 2.05) is 0 Å². The fourth-order valence-electron chi connectivity index (χ4n) is 2.25. The van der Waals surface area contributed by atoms with Crippen molar-refractivity contribution >= 4 is 0 Å². The summed E-state index contributed by atoms with van der Waals surface area (Å²) < 4.78 is 0. The molecule has 0 saturated heterocycles. The van der Waals surface area contributed by atoms with E-state index in [1.54, 1.807) is 74.4 Å². The molecular weight excluding hydrogens is 485 g/mol. The van der Waals surface area contributed by atoms with E-state index in [1.165, 1.54) is 0 Å². The van der Waals surface area contributed by atoms with Gasteiger partial charge in [0.25, 0.3) is 0 Å². The summed E-state index contributed by atoms with van der Waals surface area (Å²) in [6.45, 7) is 0. The van der Waals surface area contributed by atoms with Crippen LogP contribution in [0.5, 0.6) is 0 Å². The summed E-state index contributed by atoms with van der Waals surface area (Å²) in [5.41, 5.74) is 0. The average molecular weight is 500 g/mol. The van der Waals surface area contributed by atoms with E-state index in [0.717, 1.165) is 0 Å². The molecule has 0 aliphatic carbocycles. The van der Waals surface area contributed by atoms with Gasteiger partial charge in [-0.25, -0.2) is 15.0 Å². The molecule has 6 rings (SSSR count). The zero-order valence-electron chi connectivity index (χ0n) is 15.8. The second-order valence-electron chi connectivity index (χ2n) is 5.45. The molecule has 0 saturated carbocycles. The van der Waals surface area contributed by atoms with Crippen LogP contribution in [0.25, 0.3) is 34.9 Å². The molecule has 12 nitrogen and oxygen atoms in total. The van der Waals surface area contributed by atoms with Gasteiger partial charge in [0.05, 0.1) is 0 Å². The van der Waals surface area contributed by atoms with Gasteiger partial charge in [-0.05, 0) is 17.5 Å². The third-order valence-corrected chi connectivity index (χ3v) is 3.51. The average Bonchev–Trinajstić information content (AvgIpc) is 3.66. The number of nitrogens with zero attached hydrogens (tertiary/aromatic N) is 9. The largest absolute Gasteiger partial charge is 3.00 e. The summed E-state index contributed by atoms with van der Waals surface area (Å²) in [7, 11) is 0. The topological polar surface area (TPSA) is 167 Å². The van der Waals surface area contributed by atoms with Crippen LogP contribution < -0.4 is 15.0 Å². The molecule has 0 amide bonds. The maximum atomic E-state index is 3.98. The Morgan fingerprint density at radius 2 is 0.774 bits per heavy atom. The summed E-state index contributed by atoms with van der Waals surface area (Å²) >= 11 is 0. The summed E-state index contributed by atoms with van der Waals surface area (Å²) in [4.78, 5) is 44.4. The van der Waals surface area contributed by atoms with Crippen LogP contribution in [0.2, 0.25) is 0 Å². The van der Waals surface area contributed by atoms with Crippen LogP contribution in [0.15, 0.2) is 74.4 Å². The van der Waals surface area contributed by atoms with Crippen molar-refractivity contribution in [2.75, 3.05) is 0 Å². The number of nitrogens with one attached hydrogen (secondary N) is 3. The van der Waals surface area contributed by atoms with Gasteiger partial charge in [-0.1, -0.05) is 37.2 Å². The fourth-order valence-corrected chi connectivity index (χ4v) is 2.25. The molecular formula is C18H15N12Ru. The Labute approximate surface area is 188 Å². The molecule has 0 bridgehead atoms. The number of aromatic nitrogens is 12. The molecule has 0 unspecified atom stereocenters. The second kappa shape index (κ2) is 11.2. The normalized spacial score (nSPS) is 9.68. The van der Waals surface area contributed by atoms with Crippen molar-refractivity contribution in [3.8, 4) is 34.9 Å². The van der Waals surface area contributed by atoms with Crippen molar-refractivity contribution in [1.29, 1.82) is 0 Å². The predicted octanol–water partition coefficient (Wildman–Crippen LogP) is 1.28. The van der Waals surface area contributed by atoms with Crippen LogP contribution in [-0.2, 0) is 19.5 Å². The first kappa shape index (κ1) is 21.6. The third kappa shape index (κ3) is 5.93. The first-order valence-electron chi connectivity index (χ1n) is 8.70. The minimum Gasteiger partial charge on any atom is -0.440 e. The van der Waals surface area contributed by atoms with Gasteiger partial charge < -0.3 is 44.9 Å². The molecule has 155 valence electrons. The van der Waals surface area contributed by atoms with E-state index in [9.17, 15) is 0 Å². The maximum Gasteiger partial charge on any atom is 3.00 e. The zero-order valence-corrected chi connectivity index (χ0v) is 17.5. The van der Waals surface area contributed by atoms with Gasteiger partial charge in [0.15, 0.2) is 0 Å². The van der Waals surface area contributed by atoms with Gasteiger partial charge in [0.1, 0.15) is 17.5 Å². The van der Waals surface area contributed by atoms with Gasteiger partial charge in [-0.3, -0.25) is 0 Å². The molecule has 0 spiro atoms. The van der Waals surface area contributed by atoms with Crippen molar-refractivity contribution in [3.05, 3.63) is 74.4 Å². The second-order valence-corrected chi connectivity index (χ2v) is 5.45. The number of rotatable bonds is 3. The summed E-state index contributed by atoms with van der Waals surface area (Å²) in [6, 6.07) is 0. The van der Waals surface area contributed by atoms with Crippen molar-refractivity contribution in [3.63, 3.8) is 0 Å². The van der Waals surface area contributed by atoms with Gasteiger partial charge >= 0.3 is 19.5 Å². The molecule has 31 heavy (non-hydrogen) atoms. The predicted molar refractivity (Wildman–Crippen MR) is 105 cm³/mol. The van der Waals surface area contributed by atoms with Gasteiger partial charge in [-0.2, -0.15) is 0 Å². The number of imidazole rings is 6. The van der Waals surface area contributed by atoms with E-state index in [4.69, 9.17) is 0 Å². The molecule has 6 aromatic rings. The van der Waals surface area contributed by atoms with Crippen LogP contribution in [0.4, 0.5) is 0 Å². The Balaban J connectivity index is 0.000000130. The summed E-state index contributed by atoms with van der Waals surface area (Å²) in [6.07, 6.45) is 20.1. The molecule has 0 fully saturated rings. The number of hydrogen-bond donors (Lipinski definition) is 3. The van der Waals surface area contributed by atoms with Gasteiger partial charge in [0.2, 0.25) is 0 Å². The minimum absolute atomic E-state index is 0. The monoisotopic (exact) mass is 501 g/mol. The number of H-pyrrole nitrogens is 3. The minimum atomic E-state index is 0. The quantitative estimate of drug-likeness (QED) is 0.303. The van der Waals surface area contributed by atoms with E-state index in [0.29, 0.717) is 34.9 Å². The van der Waals surface area contributed by atoms with Gasteiger partial charge in [0, 0.05) is 37.2 Å². The van der Waals surface area contributed by atoms with Crippen LogP contribution >= 0.6 is 0 Å². The Hall–Kier alpha value is -4.12. The molecule has 3 N–H and O–H groups in total. The number of aromatic amines is 3. The molecule has 1 radical (unpaired) electrons. The Morgan fingerprint density at radius 3 is 0.968 bits per heavy atom. The number of hydrogen-bond acceptors (Lipinski definition) is 6. The van der Waals surface area contributed by atoms with Crippen LogP contribution in [0, 0.1) is 0 Å². The van der Waals surface area contributed by atoms with Crippen molar-refractivity contribution in [1.82, 2.24) is 59.8 Å². The molecule has 0 aromatic carbocycles. The van der Waals surface area contributed by atoms with Crippen LogP contribution in [-0.4, -0.2) is 44.9 Å². The van der Waals surface area contributed by atoms with Crippen molar-refractivity contribution in [2.45, 2.75) is 0 Å². The zero-order chi connectivity index (χ0) is 20.4. The maximum absolute atomic E-state index is 3.98. The smallest absolute Gasteiger partial charge is 0.440 e. The Morgan fingerprint density at radius 1 is 0.452 bits per heavy atom. The van der Waals surface area contributed by atoms with Crippen LogP contribution in [0.3, 0.4) is 0 Å². The standard InChI is InChI=1S/3C6H5N4.Ru/c3*1-2-8-5(7-1)6-9-3-4-10-6;/h3*1-4H,(H-,7,8,9,10);/q3*-1;+3. The van der Waals surface area contributed by atoms with E-state index in [2.05, 4.69) is 59.8 Å². The van der Waals surface area contributed by atoms with Gasteiger partial charge in [-0.15, -0.1) is 0 Å². The van der Waals surface area contributed by atoms with E-state index in [-0.39, 0.29) is 19.5 Å². The molecule has 13 heteroatoms. The molecule has 6 heterocycles.